The van der Waals surface area contributed by atoms with Crippen LogP contribution in [-0.2, 0) is 4.74 Å². The normalized spacial score (nSPS) is 10.4. The van der Waals surface area contributed by atoms with Gasteiger partial charge >= 0.3 is 0 Å². The van der Waals surface area contributed by atoms with E-state index >= 15 is 0 Å². The first-order valence-corrected chi connectivity index (χ1v) is 6.82. The average Bonchev–Trinajstić information content (AvgIpc) is 2.94. The molecular formula is C13H15N3O2S. The van der Waals surface area contributed by atoms with Crippen molar-refractivity contribution in [3.63, 3.8) is 0 Å². The Morgan fingerprint density at radius 2 is 2.42 bits per heavy atom. The number of nitrogens with one attached hydrogen (secondary N) is 1. The molecule has 0 unspecified atom stereocenters. The van der Waals surface area contributed by atoms with Crippen molar-refractivity contribution >= 4 is 17.2 Å². The summed E-state index contributed by atoms with van der Waals surface area (Å²) in [5.41, 5.74) is 1.37. The van der Waals surface area contributed by atoms with Gasteiger partial charge in [0.1, 0.15) is 10.7 Å². The summed E-state index contributed by atoms with van der Waals surface area (Å²) in [6, 6.07) is 3.77. The van der Waals surface area contributed by atoms with Gasteiger partial charge in [-0.2, -0.15) is 0 Å². The molecular weight excluding hydrogens is 262 g/mol. The van der Waals surface area contributed by atoms with Crippen molar-refractivity contribution in [2.75, 3.05) is 20.3 Å². The van der Waals surface area contributed by atoms with Gasteiger partial charge in [-0.3, -0.25) is 9.78 Å². The first kappa shape index (κ1) is 13.6. The van der Waals surface area contributed by atoms with Gasteiger partial charge in [-0.1, -0.05) is 0 Å². The van der Waals surface area contributed by atoms with Crippen LogP contribution >= 0.6 is 11.3 Å². The Hall–Kier alpha value is -1.79. The molecule has 0 saturated heterocycles. The van der Waals surface area contributed by atoms with Gasteiger partial charge in [-0.25, -0.2) is 4.98 Å². The van der Waals surface area contributed by atoms with Gasteiger partial charge in [0.15, 0.2) is 0 Å². The zero-order chi connectivity index (χ0) is 13.5. The topological polar surface area (TPSA) is 64.1 Å². The quantitative estimate of drug-likeness (QED) is 0.820. The molecule has 2 aromatic heterocycles. The monoisotopic (exact) mass is 277 g/mol. The number of aromatic nitrogens is 2. The Morgan fingerprint density at radius 1 is 1.53 bits per heavy atom. The van der Waals surface area contributed by atoms with Crippen LogP contribution in [0.4, 0.5) is 0 Å². The van der Waals surface area contributed by atoms with E-state index in [9.17, 15) is 4.79 Å². The van der Waals surface area contributed by atoms with Crippen LogP contribution in [0.3, 0.4) is 0 Å². The largest absolute Gasteiger partial charge is 0.385 e. The van der Waals surface area contributed by atoms with Gasteiger partial charge in [0.05, 0.1) is 0 Å². The maximum absolute atomic E-state index is 11.8. The highest BCUT2D eigenvalue weighted by Gasteiger charge is 2.11. The maximum Gasteiger partial charge on any atom is 0.270 e. The third-order valence-corrected chi connectivity index (χ3v) is 3.35. The van der Waals surface area contributed by atoms with Crippen molar-refractivity contribution < 1.29 is 9.53 Å². The Labute approximate surface area is 115 Å². The number of methoxy groups -OCH3 is 1. The van der Waals surface area contributed by atoms with E-state index in [1.165, 1.54) is 11.3 Å². The molecule has 0 saturated carbocycles. The maximum atomic E-state index is 11.8. The highest BCUT2D eigenvalue weighted by molar-refractivity contribution is 7.13. The molecule has 0 aromatic carbocycles. The molecule has 0 spiro atoms. The van der Waals surface area contributed by atoms with E-state index in [1.54, 1.807) is 24.9 Å². The molecule has 1 amide bonds. The second-order valence-corrected chi connectivity index (χ2v) is 4.74. The highest BCUT2D eigenvalue weighted by Crippen LogP contribution is 2.22. The first-order valence-electron chi connectivity index (χ1n) is 5.94. The predicted octanol–water partition coefficient (Wildman–Crippen LogP) is 1.97. The summed E-state index contributed by atoms with van der Waals surface area (Å²) in [6.07, 6.45) is 4.24. The second-order valence-electron chi connectivity index (χ2n) is 3.88. The lowest BCUT2D eigenvalue weighted by atomic mass is 10.3. The van der Waals surface area contributed by atoms with E-state index < -0.39 is 0 Å². The molecule has 2 aromatic rings. The van der Waals surface area contributed by atoms with Crippen LogP contribution in [0.15, 0.2) is 29.9 Å². The van der Waals surface area contributed by atoms with Crippen molar-refractivity contribution in [1.82, 2.24) is 15.3 Å². The molecule has 0 aliphatic carbocycles. The van der Waals surface area contributed by atoms with Crippen LogP contribution in [0.5, 0.6) is 0 Å². The van der Waals surface area contributed by atoms with E-state index in [0.717, 1.165) is 17.0 Å². The van der Waals surface area contributed by atoms with Crippen molar-refractivity contribution in [1.29, 1.82) is 0 Å². The smallest absolute Gasteiger partial charge is 0.270 e. The number of amides is 1. The number of carbonyl (C=O) groups excluding carboxylic acids is 1. The van der Waals surface area contributed by atoms with Crippen LogP contribution in [-0.4, -0.2) is 36.1 Å². The summed E-state index contributed by atoms with van der Waals surface area (Å²) in [7, 11) is 1.64. The summed E-state index contributed by atoms with van der Waals surface area (Å²) >= 11 is 1.44. The molecule has 100 valence electrons. The Balaban J connectivity index is 1.95. The third-order valence-electron chi connectivity index (χ3n) is 2.46. The summed E-state index contributed by atoms with van der Waals surface area (Å²) in [5.74, 6) is -0.150. The number of rotatable bonds is 6. The fraction of sp³-hybridized carbons (Fsp3) is 0.308. The summed E-state index contributed by atoms with van der Waals surface area (Å²) in [5, 5.41) is 5.37. The number of pyridine rings is 1. The van der Waals surface area contributed by atoms with Crippen LogP contribution in [0, 0.1) is 0 Å². The lowest BCUT2D eigenvalue weighted by Gasteiger charge is -2.01. The fourth-order valence-corrected chi connectivity index (χ4v) is 2.30. The SMILES string of the molecule is COCCCNC(=O)c1csc(-c2cccnc2)n1. The molecule has 0 aliphatic rings. The molecule has 0 radical (unpaired) electrons. The number of hydrogen-bond acceptors (Lipinski definition) is 5. The van der Waals surface area contributed by atoms with Crippen molar-refractivity contribution in [2.45, 2.75) is 6.42 Å². The fourth-order valence-electron chi connectivity index (χ4n) is 1.51. The Kier molecular flexibility index (Phi) is 5.00. The van der Waals surface area contributed by atoms with Gasteiger partial charge in [-0.05, 0) is 18.6 Å². The van der Waals surface area contributed by atoms with Crippen LogP contribution in [0.25, 0.3) is 10.6 Å². The minimum Gasteiger partial charge on any atom is -0.385 e. The summed E-state index contributed by atoms with van der Waals surface area (Å²) in [4.78, 5) is 20.2. The Morgan fingerprint density at radius 3 is 3.16 bits per heavy atom. The van der Waals surface area contributed by atoms with E-state index in [4.69, 9.17) is 4.74 Å². The van der Waals surface area contributed by atoms with Crippen molar-refractivity contribution in [2.24, 2.45) is 0 Å². The zero-order valence-corrected chi connectivity index (χ0v) is 11.4. The first-order chi connectivity index (χ1) is 9.31. The lowest BCUT2D eigenvalue weighted by molar-refractivity contribution is 0.0944. The van der Waals surface area contributed by atoms with E-state index in [1.807, 2.05) is 12.1 Å². The van der Waals surface area contributed by atoms with Gasteiger partial charge in [0.25, 0.3) is 5.91 Å². The predicted molar refractivity (Wildman–Crippen MR) is 74.2 cm³/mol. The van der Waals surface area contributed by atoms with Gasteiger partial charge in [-0.15, -0.1) is 11.3 Å². The molecule has 0 aliphatic heterocycles. The number of thiazole rings is 1. The highest BCUT2D eigenvalue weighted by atomic mass is 32.1. The molecule has 0 bridgehead atoms. The van der Waals surface area contributed by atoms with Crippen LogP contribution in [0.2, 0.25) is 0 Å². The van der Waals surface area contributed by atoms with E-state index in [-0.39, 0.29) is 5.91 Å². The molecule has 0 fully saturated rings. The zero-order valence-electron chi connectivity index (χ0n) is 10.6. The summed E-state index contributed by atoms with van der Waals surface area (Å²) < 4.78 is 4.92. The van der Waals surface area contributed by atoms with Gasteiger partial charge < -0.3 is 10.1 Å². The minimum atomic E-state index is -0.150. The molecule has 5 nitrogen and oxygen atoms in total. The van der Waals surface area contributed by atoms with Crippen LogP contribution in [0.1, 0.15) is 16.9 Å². The standard InChI is InChI=1S/C13H15N3O2S/c1-18-7-3-6-15-12(17)11-9-19-13(16-11)10-4-2-5-14-8-10/h2,4-5,8-9H,3,6-7H2,1H3,(H,15,17). The molecule has 0 atom stereocenters. The van der Waals surface area contributed by atoms with E-state index in [0.29, 0.717) is 18.8 Å². The Bertz CT molecular complexity index is 528. The van der Waals surface area contributed by atoms with E-state index in [2.05, 4.69) is 15.3 Å². The number of nitrogens with zero attached hydrogens (tertiary/aromatic N) is 2. The second kappa shape index (κ2) is 6.96. The molecule has 19 heavy (non-hydrogen) atoms. The number of carbonyl (C=O) groups is 1. The van der Waals surface area contributed by atoms with Crippen molar-refractivity contribution in [3.8, 4) is 10.6 Å². The lowest BCUT2D eigenvalue weighted by Crippen LogP contribution is -2.25. The van der Waals surface area contributed by atoms with Crippen molar-refractivity contribution in [3.05, 3.63) is 35.6 Å². The molecule has 1 N–H and O–H groups in total. The minimum absolute atomic E-state index is 0.150. The average molecular weight is 277 g/mol. The van der Waals surface area contributed by atoms with Crippen LogP contribution < -0.4 is 5.32 Å². The van der Waals surface area contributed by atoms with Gasteiger partial charge in [0.2, 0.25) is 0 Å². The third kappa shape index (κ3) is 3.84. The summed E-state index contributed by atoms with van der Waals surface area (Å²) in [6.45, 7) is 1.23. The number of ether oxygens (including phenoxy) is 1. The molecule has 2 rings (SSSR count). The number of hydrogen-bond donors (Lipinski definition) is 1. The van der Waals surface area contributed by atoms with Gasteiger partial charge in [0, 0.05) is 43.6 Å². The molecule has 2 heterocycles. The molecule has 6 heteroatoms.